The minimum Gasteiger partial charge on any atom is -0.438 e. The molecular weight excluding hydrogens is 358 g/mol. The number of ether oxygens (including phenoxy) is 4. The third kappa shape index (κ3) is 5.70. The molecule has 1 atom stereocenters. The lowest BCUT2D eigenvalue weighted by atomic mass is 9.72. The zero-order valence-corrected chi connectivity index (χ0v) is 16.8. The summed E-state index contributed by atoms with van der Waals surface area (Å²) < 4.78 is 19.3. The Morgan fingerprint density at radius 2 is 1.70 bits per heavy atom. The van der Waals surface area contributed by atoms with E-state index in [-0.39, 0.29) is 18.8 Å². The number of hydrogen-bond donors (Lipinski definition) is 0. The Morgan fingerprint density at radius 3 is 2.15 bits per heavy atom. The number of methoxy groups -OCH3 is 2. The monoisotopic (exact) mass is 385 g/mol. The SMILES string of the molecule is COC(=O)OCC(C)(C)C1=C(OC(=O)OC)CC([N+](=O)[O-])C(C(C)(C)C)=C1. The molecule has 0 aliphatic heterocycles. The van der Waals surface area contributed by atoms with Crippen molar-refractivity contribution in [3.05, 3.63) is 33.1 Å². The highest BCUT2D eigenvalue weighted by Gasteiger charge is 2.42. The molecule has 0 N–H and O–H groups in total. The average Bonchev–Trinajstić information content (AvgIpc) is 2.57. The fraction of sp³-hybridized carbons (Fsp3) is 0.667. The van der Waals surface area contributed by atoms with Gasteiger partial charge in [0.2, 0.25) is 6.04 Å². The smallest absolute Gasteiger partial charge is 0.438 e. The van der Waals surface area contributed by atoms with Crippen LogP contribution in [0.3, 0.4) is 0 Å². The van der Waals surface area contributed by atoms with Crippen molar-refractivity contribution in [2.45, 2.75) is 47.1 Å². The fourth-order valence-electron chi connectivity index (χ4n) is 2.82. The summed E-state index contributed by atoms with van der Waals surface area (Å²) in [5.41, 5.74) is -0.167. The van der Waals surface area contributed by atoms with Gasteiger partial charge in [-0.25, -0.2) is 9.59 Å². The van der Waals surface area contributed by atoms with Gasteiger partial charge in [-0.1, -0.05) is 34.6 Å². The molecule has 0 fully saturated rings. The highest BCUT2D eigenvalue weighted by molar-refractivity contribution is 5.62. The molecule has 1 unspecified atom stereocenters. The van der Waals surface area contributed by atoms with E-state index < -0.39 is 34.1 Å². The normalized spacial score (nSPS) is 17.7. The summed E-state index contributed by atoms with van der Waals surface area (Å²) >= 11 is 0. The van der Waals surface area contributed by atoms with Crippen molar-refractivity contribution in [1.82, 2.24) is 0 Å². The average molecular weight is 385 g/mol. The molecule has 0 saturated heterocycles. The van der Waals surface area contributed by atoms with E-state index in [1.54, 1.807) is 19.9 Å². The fourth-order valence-corrected chi connectivity index (χ4v) is 2.82. The molecule has 152 valence electrons. The minimum atomic E-state index is -1.04. The van der Waals surface area contributed by atoms with Crippen molar-refractivity contribution in [1.29, 1.82) is 0 Å². The second-order valence-electron chi connectivity index (χ2n) is 7.87. The van der Waals surface area contributed by atoms with Crippen molar-refractivity contribution in [2.75, 3.05) is 20.8 Å². The lowest BCUT2D eigenvalue weighted by molar-refractivity contribution is -0.514. The van der Waals surface area contributed by atoms with Crippen molar-refractivity contribution < 1.29 is 33.5 Å². The molecule has 1 aliphatic rings. The Labute approximate surface area is 158 Å². The molecule has 9 nitrogen and oxygen atoms in total. The van der Waals surface area contributed by atoms with Crippen LogP contribution in [0.5, 0.6) is 0 Å². The van der Waals surface area contributed by atoms with E-state index in [1.807, 2.05) is 20.8 Å². The molecule has 1 aliphatic carbocycles. The quantitative estimate of drug-likeness (QED) is 0.398. The van der Waals surface area contributed by atoms with Gasteiger partial charge in [0.1, 0.15) is 12.4 Å². The van der Waals surface area contributed by atoms with Gasteiger partial charge in [0, 0.05) is 21.5 Å². The number of nitrogens with zero attached hydrogens (tertiary/aromatic N) is 1. The van der Waals surface area contributed by atoms with Crippen LogP contribution in [0.1, 0.15) is 41.0 Å². The minimum absolute atomic E-state index is 0.0694. The van der Waals surface area contributed by atoms with E-state index in [1.165, 1.54) is 7.11 Å². The van der Waals surface area contributed by atoms with Crippen molar-refractivity contribution in [3.8, 4) is 0 Å². The van der Waals surface area contributed by atoms with Crippen LogP contribution in [0, 0.1) is 20.9 Å². The van der Waals surface area contributed by atoms with E-state index in [0.717, 1.165) is 7.11 Å². The van der Waals surface area contributed by atoms with Gasteiger partial charge in [0.25, 0.3) is 0 Å². The summed E-state index contributed by atoms with van der Waals surface area (Å²) in [7, 11) is 2.35. The van der Waals surface area contributed by atoms with Crippen LogP contribution in [0.25, 0.3) is 0 Å². The molecule has 0 aromatic carbocycles. The van der Waals surface area contributed by atoms with Crippen molar-refractivity contribution >= 4 is 12.3 Å². The Balaban J connectivity index is 3.45. The number of allylic oxidation sites excluding steroid dienone is 1. The van der Waals surface area contributed by atoms with Crippen LogP contribution in [-0.2, 0) is 18.9 Å². The van der Waals surface area contributed by atoms with E-state index in [2.05, 4.69) is 9.47 Å². The molecule has 1 rings (SSSR count). The maximum atomic E-state index is 11.6. The largest absolute Gasteiger partial charge is 0.513 e. The second kappa shape index (κ2) is 8.41. The molecule has 0 heterocycles. The predicted octanol–water partition coefficient (Wildman–Crippen LogP) is 3.85. The summed E-state index contributed by atoms with van der Waals surface area (Å²) in [6, 6.07) is -1.04. The molecule has 0 saturated carbocycles. The van der Waals surface area contributed by atoms with E-state index in [9.17, 15) is 19.7 Å². The van der Waals surface area contributed by atoms with Gasteiger partial charge in [-0.15, -0.1) is 0 Å². The van der Waals surface area contributed by atoms with E-state index in [0.29, 0.717) is 11.1 Å². The van der Waals surface area contributed by atoms with Gasteiger partial charge in [-0.2, -0.15) is 0 Å². The first-order valence-corrected chi connectivity index (χ1v) is 8.39. The van der Waals surface area contributed by atoms with Crippen LogP contribution in [-0.4, -0.2) is 44.1 Å². The summed E-state index contributed by atoms with van der Waals surface area (Å²) in [6.07, 6.45) is -0.266. The van der Waals surface area contributed by atoms with Gasteiger partial charge < -0.3 is 18.9 Å². The molecule has 0 aromatic heterocycles. The van der Waals surface area contributed by atoms with Crippen LogP contribution >= 0.6 is 0 Å². The lowest BCUT2D eigenvalue weighted by Crippen LogP contribution is -2.36. The first kappa shape index (κ1) is 22.5. The molecule has 0 radical (unpaired) electrons. The number of carbonyl (C=O) groups is 2. The highest BCUT2D eigenvalue weighted by atomic mass is 16.7. The molecule has 27 heavy (non-hydrogen) atoms. The Morgan fingerprint density at radius 1 is 1.15 bits per heavy atom. The molecule has 0 amide bonds. The standard InChI is InChI=1S/C18H27NO8/c1-17(2,3)11-8-12(18(4,5)10-26-15(20)24-6)14(27-16(21)25-7)9-13(11)19(22)23/h8,13H,9-10H2,1-7H3. The second-order valence-corrected chi connectivity index (χ2v) is 7.87. The maximum absolute atomic E-state index is 11.6. The van der Waals surface area contributed by atoms with Crippen LogP contribution in [0.15, 0.2) is 23.0 Å². The molecule has 0 bridgehead atoms. The van der Waals surface area contributed by atoms with E-state index >= 15 is 0 Å². The number of nitro groups is 1. The number of carbonyl (C=O) groups excluding carboxylic acids is 2. The van der Waals surface area contributed by atoms with Gasteiger partial charge in [-0.05, 0) is 11.5 Å². The van der Waals surface area contributed by atoms with Gasteiger partial charge in [-0.3, -0.25) is 10.1 Å². The first-order chi connectivity index (χ1) is 12.3. The van der Waals surface area contributed by atoms with Gasteiger partial charge in [0.05, 0.1) is 20.6 Å². The molecular formula is C18H27NO8. The van der Waals surface area contributed by atoms with Crippen molar-refractivity contribution in [3.63, 3.8) is 0 Å². The summed E-state index contributed by atoms with van der Waals surface area (Å²) in [5, 5.41) is 11.6. The third-order valence-electron chi connectivity index (χ3n) is 4.28. The van der Waals surface area contributed by atoms with Crippen LogP contribution < -0.4 is 0 Å². The third-order valence-corrected chi connectivity index (χ3v) is 4.28. The zero-order chi connectivity index (χ0) is 21.0. The van der Waals surface area contributed by atoms with Gasteiger partial charge >= 0.3 is 12.3 Å². The first-order valence-electron chi connectivity index (χ1n) is 8.39. The Hall–Kier alpha value is -2.58. The Kier molecular flexibility index (Phi) is 6.99. The molecule has 9 heteroatoms. The lowest BCUT2D eigenvalue weighted by Gasteiger charge is -2.35. The summed E-state index contributed by atoms with van der Waals surface area (Å²) in [6.45, 7) is 9.09. The summed E-state index contributed by atoms with van der Waals surface area (Å²) in [4.78, 5) is 34.2. The number of rotatable bonds is 5. The topological polar surface area (TPSA) is 114 Å². The highest BCUT2D eigenvalue weighted by Crippen LogP contribution is 2.43. The molecule has 0 aromatic rings. The van der Waals surface area contributed by atoms with Crippen LogP contribution in [0.2, 0.25) is 0 Å². The van der Waals surface area contributed by atoms with Crippen LogP contribution in [0.4, 0.5) is 9.59 Å². The maximum Gasteiger partial charge on any atom is 0.513 e. The number of hydrogen-bond acceptors (Lipinski definition) is 8. The summed E-state index contributed by atoms with van der Waals surface area (Å²) in [5.74, 6) is 0.120. The van der Waals surface area contributed by atoms with E-state index in [4.69, 9.17) is 9.47 Å². The molecule has 0 spiro atoms. The van der Waals surface area contributed by atoms with Crippen molar-refractivity contribution in [2.24, 2.45) is 10.8 Å². The van der Waals surface area contributed by atoms with Gasteiger partial charge in [0.15, 0.2) is 0 Å². The predicted molar refractivity (Wildman–Crippen MR) is 95.6 cm³/mol. The Bertz CT molecular complexity index is 669. The zero-order valence-electron chi connectivity index (χ0n) is 16.8.